The Balaban J connectivity index is 2.07. The third-order valence-corrected chi connectivity index (χ3v) is 3.12. The van der Waals surface area contributed by atoms with Gasteiger partial charge in [0.1, 0.15) is 12.4 Å². The van der Waals surface area contributed by atoms with Crippen molar-refractivity contribution in [1.29, 1.82) is 0 Å². The molecule has 0 spiro atoms. The molecule has 0 aliphatic rings. The molecule has 21 heavy (non-hydrogen) atoms. The van der Waals surface area contributed by atoms with Crippen LogP contribution in [0, 0.1) is 17.0 Å². The number of nitro benzene ring substituents is 1. The van der Waals surface area contributed by atoms with Crippen LogP contribution in [0.2, 0.25) is 0 Å². The Morgan fingerprint density at radius 1 is 1.48 bits per heavy atom. The van der Waals surface area contributed by atoms with Crippen LogP contribution in [-0.2, 0) is 13.1 Å². The van der Waals surface area contributed by atoms with Crippen LogP contribution in [0.25, 0.3) is 0 Å². The highest BCUT2D eigenvalue weighted by Gasteiger charge is 2.15. The number of hydrogen-bond acceptors (Lipinski definition) is 5. The maximum Gasteiger partial charge on any atom is 0.310 e. The maximum atomic E-state index is 11.0. The highest BCUT2D eigenvalue weighted by molar-refractivity contribution is 5.48. The van der Waals surface area contributed by atoms with Crippen LogP contribution in [0.3, 0.4) is 0 Å². The first-order valence-electron chi connectivity index (χ1n) is 6.64. The molecule has 2 aromatic rings. The molecule has 0 aliphatic carbocycles. The van der Waals surface area contributed by atoms with Gasteiger partial charge in [0.25, 0.3) is 0 Å². The van der Waals surface area contributed by atoms with E-state index in [-0.39, 0.29) is 5.69 Å². The summed E-state index contributed by atoms with van der Waals surface area (Å²) in [5.74, 6) is 1.18. The van der Waals surface area contributed by atoms with Crippen LogP contribution in [0.4, 0.5) is 5.69 Å². The summed E-state index contributed by atoms with van der Waals surface area (Å²) in [4.78, 5) is 14.7. The maximum absolute atomic E-state index is 11.0. The number of ether oxygens (including phenoxy) is 1. The summed E-state index contributed by atoms with van der Waals surface area (Å²) in [6.07, 6.45) is 3.57. The average molecular weight is 290 g/mol. The number of aryl methyl sites for hydroxylation is 1. The van der Waals surface area contributed by atoms with Crippen molar-refractivity contribution in [3.8, 4) is 5.75 Å². The van der Waals surface area contributed by atoms with Gasteiger partial charge in [0.2, 0.25) is 0 Å². The molecule has 1 aromatic carbocycles. The molecule has 1 aromatic heterocycles. The summed E-state index contributed by atoms with van der Waals surface area (Å²) in [5, 5.41) is 14.0. The predicted octanol–water partition coefficient (Wildman–Crippen LogP) is 1.90. The van der Waals surface area contributed by atoms with E-state index in [0.717, 1.165) is 11.4 Å². The van der Waals surface area contributed by atoms with Crippen molar-refractivity contribution in [3.05, 3.63) is 52.1 Å². The van der Waals surface area contributed by atoms with Gasteiger partial charge in [-0.25, -0.2) is 4.98 Å². The Bertz CT molecular complexity index is 624. The van der Waals surface area contributed by atoms with Crippen LogP contribution in [0.1, 0.15) is 11.4 Å². The number of nitrogens with one attached hydrogen (secondary N) is 1. The molecule has 1 heterocycles. The Labute approximate surface area is 122 Å². The molecule has 2 rings (SSSR count). The molecule has 0 unspecified atom stereocenters. The van der Waals surface area contributed by atoms with Crippen molar-refractivity contribution < 1.29 is 9.66 Å². The third-order valence-electron chi connectivity index (χ3n) is 3.12. The number of benzene rings is 1. The zero-order chi connectivity index (χ0) is 15.2. The predicted molar refractivity (Wildman–Crippen MR) is 78.3 cm³/mol. The Kier molecular flexibility index (Phi) is 4.89. The lowest BCUT2D eigenvalue weighted by Crippen LogP contribution is -2.10. The molecule has 0 saturated heterocycles. The Morgan fingerprint density at radius 2 is 2.29 bits per heavy atom. The van der Waals surface area contributed by atoms with Gasteiger partial charge in [0, 0.05) is 25.0 Å². The molecule has 1 N–H and O–H groups in total. The molecule has 0 atom stereocenters. The van der Waals surface area contributed by atoms with Crippen LogP contribution in [0.15, 0.2) is 30.6 Å². The van der Waals surface area contributed by atoms with Crippen molar-refractivity contribution in [2.75, 3.05) is 13.7 Å². The SMILES string of the molecule is CNCc1ccc([N+](=O)[O-])c(OCCn2ccnc2C)c1. The smallest absolute Gasteiger partial charge is 0.310 e. The quantitative estimate of drug-likeness (QED) is 0.622. The fourth-order valence-corrected chi connectivity index (χ4v) is 2.03. The second-order valence-electron chi connectivity index (χ2n) is 4.61. The van der Waals surface area contributed by atoms with Crippen LogP contribution < -0.4 is 10.1 Å². The number of rotatable bonds is 7. The van der Waals surface area contributed by atoms with Gasteiger partial charge in [0.15, 0.2) is 5.75 Å². The molecule has 0 bridgehead atoms. The van der Waals surface area contributed by atoms with Crippen molar-refractivity contribution >= 4 is 5.69 Å². The van der Waals surface area contributed by atoms with E-state index in [1.54, 1.807) is 18.3 Å². The monoisotopic (exact) mass is 290 g/mol. The lowest BCUT2D eigenvalue weighted by molar-refractivity contribution is -0.385. The lowest BCUT2D eigenvalue weighted by atomic mass is 10.2. The van der Waals surface area contributed by atoms with Gasteiger partial charge < -0.3 is 14.6 Å². The van der Waals surface area contributed by atoms with Crippen LogP contribution in [0.5, 0.6) is 5.75 Å². The zero-order valence-electron chi connectivity index (χ0n) is 12.1. The second-order valence-corrected chi connectivity index (χ2v) is 4.61. The molecule has 0 radical (unpaired) electrons. The van der Waals surface area contributed by atoms with Crippen molar-refractivity contribution in [2.45, 2.75) is 20.0 Å². The van der Waals surface area contributed by atoms with E-state index in [2.05, 4.69) is 10.3 Å². The highest BCUT2D eigenvalue weighted by atomic mass is 16.6. The molecule has 112 valence electrons. The summed E-state index contributed by atoms with van der Waals surface area (Å²) in [7, 11) is 1.82. The molecular weight excluding hydrogens is 272 g/mol. The van der Waals surface area contributed by atoms with E-state index in [4.69, 9.17) is 4.74 Å². The number of nitro groups is 1. The fraction of sp³-hybridized carbons (Fsp3) is 0.357. The first-order valence-corrected chi connectivity index (χ1v) is 6.64. The largest absolute Gasteiger partial charge is 0.485 e. The zero-order valence-corrected chi connectivity index (χ0v) is 12.1. The van der Waals surface area contributed by atoms with Gasteiger partial charge in [0.05, 0.1) is 11.5 Å². The van der Waals surface area contributed by atoms with Crippen molar-refractivity contribution in [1.82, 2.24) is 14.9 Å². The van der Waals surface area contributed by atoms with Gasteiger partial charge >= 0.3 is 5.69 Å². The molecule has 0 saturated carbocycles. The second kappa shape index (κ2) is 6.85. The summed E-state index contributed by atoms with van der Waals surface area (Å²) < 4.78 is 7.53. The van der Waals surface area contributed by atoms with Crippen molar-refractivity contribution in [3.63, 3.8) is 0 Å². The minimum atomic E-state index is -0.430. The van der Waals surface area contributed by atoms with E-state index in [0.29, 0.717) is 25.4 Å². The molecule has 0 aliphatic heterocycles. The van der Waals surface area contributed by atoms with Gasteiger partial charge in [-0.15, -0.1) is 0 Å². The normalized spacial score (nSPS) is 10.6. The first kappa shape index (κ1) is 15.0. The average Bonchev–Trinajstić information content (AvgIpc) is 2.85. The van der Waals surface area contributed by atoms with E-state index < -0.39 is 4.92 Å². The van der Waals surface area contributed by atoms with Gasteiger partial charge in [-0.2, -0.15) is 0 Å². The Hall–Kier alpha value is -2.41. The van der Waals surface area contributed by atoms with E-state index in [9.17, 15) is 10.1 Å². The number of imidazole rings is 1. The van der Waals surface area contributed by atoms with Crippen LogP contribution >= 0.6 is 0 Å². The molecular formula is C14H18N4O3. The standard InChI is InChI=1S/C14H18N4O3/c1-11-16-5-6-17(11)7-8-21-14-9-12(10-15-2)3-4-13(14)18(19)20/h3-6,9,15H,7-8,10H2,1-2H3. The number of nitrogens with zero attached hydrogens (tertiary/aromatic N) is 3. The minimum absolute atomic E-state index is 0.0165. The fourth-order valence-electron chi connectivity index (χ4n) is 2.03. The summed E-state index contributed by atoms with van der Waals surface area (Å²) >= 11 is 0. The highest BCUT2D eigenvalue weighted by Crippen LogP contribution is 2.28. The van der Waals surface area contributed by atoms with Gasteiger partial charge in [-0.3, -0.25) is 10.1 Å². The molecule has 7 nitrogen and oxygen atoms in total. The summed E-state index contributed by atoms with van der Waals surface area (Å²) in [6, 6.07) is 4.90. The summed E-state index contributed by atoms with van der Waals surface area (Å²) in [5.41, 5.74) is 0.925. The molecule has 0 amide bonds. The van der Waals surface area contributed by atoms with Crippen LogP contribution in [-0.4, -0.2) is 28.1 Å². The number of hydrogen-bond donors (Lipinski definition) is 1. The topological polar surface area (TPSA) is 82.2 Å². The summed E-state index contributed by atoms with van der Waals surface area (Å²) in [6.45, 7) is 3.48. The minimum Gasteiger partial charge on any atom is -0.485 e. The first-order chi connectivity index (χ1) is 10.1. The number of aromatic nitrogens is 2. The van der Waals surface area contributed by atoms with E-state index >= 15 is 0 Å². The molecule has 7 heteroatoms. The van der Waals surface area contributed by atoms with Gasteiger partial charge in [-0.1, -0.05) is 6.07 Å². The van der Waals surface area contributed by atoms with E-state index in [1.807, 2.05) is 24.7 Å². The van der Waals surface area contributed by atoms with E-state index in [1.165, 1.54) is 6.07 Å². The third kappa shape index (κ3) is 3.79. The van der Waals surface area contributed by atoms with Gasteiger partial charge in [-0.05, 0) is 25.6 Å². The Morgan fingerprint density at radius 3 is 2.90 bits per heavy atom. The van der Waals surface area contributed by atoms with Crippen molar-refractivity contribution in [2.24, 2.45) is 0 Å². The molecule has 0 fully saturated rings. The lowest BCUT2D eigenvalue weighted by Gasteiger charge is -2.10.